The van der Waals surface area contributed by atoms with Gasteiger partial charge in [0.25, 0.3) is 0 Å². The molecule has 1 aromatic heterocycles. The van der Waals surface area contributed by atoms with Crippen LogP contribution in [0.15, 0.2) is 5.38 Å². The van der Waals surface area contributed by atoms with Gasteiger partial charge in [-0.05, 0) is 38.0 Å². The van der Waals surface area contributed by atoms with E-state index in [0.29, 0.717) is 11.5 Å². The van der Waals surface area contributed by atoms with Gasteiger partial charge in [0, 0.05) is 18.0 Å². The number of aromatic nitrogens is 1. The summed E-state index contributed by atoms with van der Waals surface area (Å²) in [5, 5.41) is 6.97. The smallest absolute Gasteiger partial charge is 0.0898 e. The largest absolute Gasteiger partial charge is 0.308 e. The highest BCUT2D eigenvalue weighted by molar-refractivity contribution is 7.09. The van der Waals surface area contributed by atoms with E-state index in [1.165, 1.54) is 18.5 Å². The van der Waals surface area contributed by atoms with E-state index in [9.17, 15) is 0 Å². The zero-order valence-corrected chi connectivity index (χ0v) is 11.5. The fourth-order valence-electron chi connectivity index (χ4n) is 2.16. The fraction of sp³-hybridized carbons (Fsp3) is 0.769. The van der Waals surface area contributed by atoms with Gasteiger partial charge >= 0.3 is 0 Å². The van der Waals surface area contributed by atoms with Crippen LogP contribution in [0.1, 0.15) is 50.4 Å². The summed E-state index contributed by atoms with van der Waals surface area (Å²) < 4.78 is 0. The summed E-state index contributed by atoms with van der Waals surface area (Å²) in [6, 6.07) is 0.390. The van der Waals surface area contributed by atoms with Gasteiger partial charge in [-0.25, -0.2) is 4.98 Å². The third-order valence-corrected chi connectivity index (χ3v) is 4.75. The Balaban J connectivity index is 1.87. The van der Waals surface area contributed by atoms with Crippen molar-refractivity contribution in [3.8, 4) is 0 Å². The van der Waals surface area contributed by atoms with Crippen LogP contribution in [0.4, 0.5) is 0 Å². The third kappa shape index (κ3) is 2.46. The van der Waals surface area contributed by atoms with Crippen LogP contribution >= 0.6 is 11.3 Å². The highest BCUT2D eigenvalue weighted by atomic mass is 32.1. The van der Waals surface area contributed by atoms with Crippen molar-refractivity contribution < 1.29 is 0 Å². The van der Waals surface area contributed by atoms with Crippen LogP contribution in [-0.4, -0.2) is 11.5 Å². The van der Waals surface area contributed by atoms with Crippen molar-refractivity contribution in [2.75, 3.05) is 6.54 Å². The highest BCUT2D eigenvalue weighted by Gasteiger charge is 2.44. The van der Waals surface area contributed by atoms with Gasteiger partial charge in [-0.1, -0.05) is 13.8 Å². The standard InChI is InChI=1S/C13H22N2S/c1-9(2)13(5-6-13)8-14-10(3)12-7-16-11(4)15-12/h7,9-10,14H,5-6,8H2,1-4H3. The number of nitrogens with one attached hydrogen (secondary N) is 1. The number of rotatable bonds is 5. The number of aryl methyl sites for hydroxylation is 1. The average Bonchev–Trinajstić information content (AvgIpc) is 2.92. The summed E-state index contributed by atoms with van der Waals surface area (Å²) in [5.74, 6) is 0.796. The van der Waals surface area contributed by atoms with Gasteiger partial charge in [0.2, 0.25) is 0 Å². The van der Waals surface area contributed by atoms with Gasteiger partial charge < -0.3 is 5.32 Å². The van der Waals surface area contributed by atoms with Gasteiger partial charge in [-0.3, -0.25) is 0 Å². The van der Waals surface area contributed by atoms with E-state index in [-0.39, 0.29) is 0 Å². The molecule has 90 valence electrons. The molecule has 0 radical (unpaired) electrons. The molecule has 1 fully saturated rings. The van der Waals surface area contributed by atoms with Gasteiger partial charge in [-0.15, -0.1) is 11.3 Å². The van der Waals surface area contributed by atoms with Crippen LogP contribution in [0.2, 0.25) is 0 Å². The molecule has 0 saturated heterocycles. The van der Waals surface area contributed by atoms with Gasteiger partial charge in [-0.2, -0.15) is 0 Å². The number of hydrogen-bond donors (Lipinski definition) is 1. The summed E-state index contributed by atoms with van der Waals surface area (Å²) in [6.07, 6.45) is 2.78. The van der Waals surface area contributed by atoms with E-state index >= 15 is 0 Å². The molecule has 0 amide bonds. The first-order valence-electron chi connectivity index (χ1n) is 6.19. The lowest BCUT2D eigenvalue weighted by Crippen LogP contribution is -2.29. The first kappa shape index (κ1) is 12.1. The molecule has 16 heavy (non-hydrogen) atoms. The Hall–Kier alpha value is -0.410. The highest BCUT2D eigenvalue weighted by Crippen LogP contribution is 2.51. The second kappa shape index (κ2) is 4.46. The molecule has 2 nitrogen and oxygen atoms in total. The van der Waals surface area contributed by atoms with Gasteiger partial charge in [0.15, 0.2) is 0 Å². The number of thiazole rings is 1. The van der Waals surface area contributed by atoms with E-state index in [1.54, 1.807) is 11.3 Å². The second-order valence-electron chi connectivity index (χ2n) is 5.41. The van der Waals surface area contributed by atoms with Crippen LogP contribution < -0.4 is 5.32 Å². The van der Waals surface area contributed by atoms with Crippen molar-refractivity contribution >= 4 is 11.3 Å². The van der Waals surface area contributed by atoms with E-state index in [4.69, 9.17) is 0 Å². The minimum absolute atomic E-state index is 0.390. The Morgan fingerprint density at radius 3 is 2.56 bits per heavy atom. The van der Waals surface area contributed by atoms with Crippen molar-refractivity contribution in [1.82, 2.24) is 10.3 Å². The van der Waals surface area contributed by atoms with E-state index in [2.05, 4.69) is 43.4 Å². The Bertz CT molecular complexity index is 353. The van der Waals surface area contributed by atoms with Crippen LogP contribution in [0, 0.1) is 18.3 Å². The molecule has 1 saturated carbocycles. The maximum absolute atomic E-state index is 4.53. The first-order chi connectivity index (χ1) is 7.53. The van der Waals surface area contributed by atoms with Crippen LogP contribution in [0.3, 0.4) is 0 Å². The number of hydrogen-bond acceptors (Lipinski definition) is 3. The first-order valence-corrected chi connectivity index (χ1v) is 7.07. The van der Waals surface area contributed by atoms with E-state index in [1.807, 2.05) is 0 Å². The summed E-state index contributed by atoms with van der Waals surface area (Å²) in [4.78, 5) is 4.53. The van der Waals surface area contributed by atoms with Crippen molar-refractivity contribution in [3.63, 3.8) is 0 Å². The molecule has 1 N–H and O–H groups in total. The molecule has 1 aromatic rings. The molecule has 1 aliphatic rings. The molecule has 1 unspecified atom stereocenters. The summed E-state index contributed by atoms with van der Waals surface area (Å²) in [5.41, 5.74) is 1.78. The lowest BCUT2D eigenvalue weighted by Gasteiger charge is -2.22. The molecule has 0 bridgehead atoms. The topological polar surface area (TPSA) is 24.9 Å². The Labute approximate surface area is 102 Å². The number of nitrogens with zero attached hydrogens (tertiary/aromatic N) is 1. The summed E-state index contributed by atoms with van der Waals surface area (Å²) >= 11 is 1.74. The van der Waals surface area contributed by atoms with Crippen molar-refractivity contribution in [3.05, 3.63) is 16.1 Å². The quantitative estimate of drug-likeness (QED) is 0.848. The summed E-state index contributed by atoms with van der Waals surface area (Å²) in [6.45, 7) is 10.1. The molecule has 0 aliphatic heterocycles. The molecule has 1 aliphatic carbocycles. The average molecular weight is 238 g/mol. The van der Waals surface area contributed by atoms with Crippen LogP contribution in [-0.2, 0) is 0 Å². The Morgan fingerprint density at radius 1 is 1.44 bits per heavy atom. The minimum Gasteiger partial charge on any atom is -0.308 e. The third-order valence-electron chi connectivity index (χ3n) is 3.96. The van der Waals surface area contributed by atoms with Crippen LogP contribution in [0.25, 0.3) is 0 Å². The molecular weight excluding hydrogens is 216 g/mol. The molecule has 3 heteroatoms. The van der Waals surface area contributed by atoms with Crippen molar-refractivity contribution in [2.24, 2.45) is 11.3 Å². The molecule has 1 atom stereocenters. The molecule has 1 heterocycles. The molecular formula is C13H22N2S. The lowest BCUT2D eigenvalue weighted by molar-refractivity contribution is 0.324. The second-order valence-corrected chi connectivity index (χ2v) is 6.47. The SMILES string of the molecule is Cc1nc(C(C)NCC2(C(C)C)CC2)cs1. The van der Waals surface area contributed by atoms with Crippen LogP contribution in [0.5, 0.6) is 0 Å². The molecule has 0 spiro atoms. The molecule has 0 aromatic carbocycles. The van der Waals surface area contributed by atoms with Crippen molar-refractivity contribution in [2.45, 2.75) is 46.6 Å². The van der Waals surface area contributed by atoms with E-state index < -0.39 is 0 Å². The Morgan fingerprint density at radius 2 is 2.12 bits per heavy atom. The summed E-state index contributed by atoms with van der Waals surface area (Å²) in [7, 11) is 0. The zero-order chi connectivity index (χ0) is 11.8. The maximum Gasteiger partial charge on any atom is 0.0898 e. The normalized spacial score (nSPS) is 20.1. The predicted octanol–water partition coefficient (Wildman–Crippen LogP) is 3.54. The monoisotopic (exact) mass is 238 g/mol. The van der Waals surface area contributed by atoms with Crippen molar-refractivity contribution in [1.29, 1.82) is 0 Å². The minimum atomic E-state index is 0.390. The van der Waals surface area contributed by atoms with Gasteiger partial charge in [0.1, 0.15) is 0 Å². The van der Waals surface area contributed by atoms with Gasteiger partial charge in [0.05, 0.1) is 10.7 Å². The maximum atomic E-state index is 4.53. The lowest BCUT2D eigenvalue weighted by atomic mass is 9.92. The van der Waals surface area contributed by atoms with E-state index in [0.717, 1.165) is 17.5 Å². The Kier molecular flexibility index (Phi) is 3.36. The molecule has 2 rings (SSSR count). The predicted molar refractivity (Wildman–Crippen MR) is 69.8 cm³/mol. The zero-order valence-electron chi connectivity index (χ0n) is 10.7. The fourth-order valence-corrected chi connectivity index (χ4v) is 2.87.